The predicted molar refractivity (Wildman–Crippen MR) is 255 cm³/mol. The van der Waals surface area contributed by atoms with Crippen molar-refractivity contribution in [2.75, 3.05) is 69.0 Å². The zero-order valence-electron chi connectivity index (χ0n) is 30.0. The van der Waals surface area contributed by atoms with Crippen molar-refractivity contribution in [2.24, 2.45) is 0 Å². The lowest BCUT2D eigenvalue weighted by Gasteiger charge is -2.27. The highest BCUT2D eigenvalue weighted by Gasteiger charge is 2.20. The molecule has 2 aliphatic rings. The maximum absolute atomic E-state index is 11.8. The molecule has 2 saturated heterocycles. The monoisotopic (exact) mass is 987 g/mol. The van der Waals surface area contributed by atoms with E-state index in [0.29, 0.717) is 0 Å². The Labute approximate surface area is 371 Å². The largest absolute Gasteiger partial charge is 0.462 e. The van der Waals surface area contributed by atoms with Crippen molar-refractivity contribution in [3.8, 4) is 6.07 Å². The lowest BCUT2D eigenvalue weighted by Crippen LogP contribution is -2.35. The molecule has 0 unspecified atom stereocenters. The van der Waals surface area contributed by atoms with E-state index in [2.05, 4.69) is 55.4 Å². The molecule has 0 radical (unpaired) electrons. The van der Waals surface area contributed by atoms with Crippen LogP contribution in [0.1, 0.15) is 21.5 Å². The molecule has 2 aliphatic heterocycles. The number of ether oxygens (including phenoxy) is 3. The van der Waals surface area contributed by atoms with Crippen molar-refractivity contribution in [1.29, 1.82) is 5.26 Å². The zero-order valence-corrected chi connectivity index (χ0v) is 38.9. The second-order valence-electron chi connectivity index (χ2n) is 12.6. The fourth-order valence-corrected chi connectivity index (χ4v) is 18.7. The molecule has 0 N–H and O–H groups in total. The van der Waals surface area contributed by atoms with Crippen LogP contribution in [-0.4, -0.2) is 71.5 Å². The van der Waals surface area contributed by atoms with Crippen LogP contribution in [0.3, 0.4) is 0 Å². The quantitative estimate of drug-likeness (QED) is 0.0704. The molecule has 0 saturated carbocycles. The molecule has 0 atom stereocenters. The first-order valence-electron chi connectivity index (χ1n) is 17.7. The summed E-state index contributed by atoms with van der Waals surface area (Å²) in [5.41, 5.74) is 0.0391. The van der Waals surface area contributed by atoms with Gasteiger partial charge in [0.2, 0.25) is 0 Å². The zero-order chi connectivity index (χ0) is 39.0. The maximum atomic E-state index is 11.8. The molecule has 0 aliphatic carbocycles. The van der Waals surface area contributed by atoms with Crippen molar-refractivity contribution in [3.05, 3.63) is 60.9 Å². The van der Waals surface area contributed by atoms with Gasteiger partial charge >= 0.3 is 5.97 Å². The summed E-state index contributed by atoms with van der Waals surface area (Å²) < 4.78 is 32.9. The van der Waals surface area contributed by atoms with E-state index in [4.69, 9.17) is 14.2 Å². The Morgan fingerprint density at radius 1 is 0.719 bits per heavy atom. The van der Waals surface area contributed by atoms with Crippen LogP contribution in [0.25, 0.3) is 62.5 Å². The summed E-state index contributed by atoms with van der Waals surface area (Å²) in [6.07, 6.45) is 2.57. The number of hydrogen-bond donors (Lipinski definition) is 0. The number of thiophene rings is 9. The molecular weight excluding hydrogens is 959 g/mol. The highest BCUT2D eigenvalue weighted by atomic mass is 79.9. The van der Waals surface area contributed by atoms with Crippen LogP contribution >= 0.6 is 118 Å². The van der Waals surface area contributed by atoms with Gasteiger partial charge in [-0.15, -0.1) is 102 Å². The van der Waals surface area contributed by atoms with E-state index >= 15 is 0 Å². The van der Waals surface area contributed by atoms with E-state index in [-0.39, 0.29) is 12.2 Å². The van der Waals surface area contributed by atoms with Gasteiger partial charge in [0, 0.05) is 59.3 Å². The van der Waals surface area contributed by atoms with Gasteiger partial charge in [-0.1, -0.05) is 0 Å². The van der Waals surface area contributed by atoms with Crippen LogP contribution in [-0.2, 0) is 19.0 Å². The molecule has 11 rings (SSSR count). The normalized spacial score (nSPS) is 15.1. The molecule has 2 fully saturated rings. The number of halogens is 1. The maximum Gasteiger partial charge on any atom is 0.348 e. The number of carbonyl (C=O) groups excluding carboxylic acids is 2. The van der Waals surface area contributed by atoms with Gasteiger partial charge in [-0.2, -0.15) is 5.26 Å². The Morgan fingerprint density at radius 2 is 1.23 bits per heavy atom. The molecule has 57 heavy (non-hydrogen) atoms. The summed E-state index contributed by atoms with van der Waals surface area (Å²) in [4.78, 5) is 29.1. The number of hydrogen-bond acceptors (Lipinski definition) is 17. The summed E-state index contributed by atoms with van der Waals surface area (Å²) in [5, 5.41) is 14.0. The van der Waals surface area contributed by atoms with Gasteiger partial charge in [-0.3, -0.25) is 4.79 Å². The van der Waals surface area contributed by atoms with Crippen LogP contribution in [0.2, 0.25) is 0 Å². The first-order chi connectivity index (χ1) is 27.9. The van der Waals surface area contributed by atoms with Crippen molar-refractivity contribution in [1.82, 2.24) is 0 Å². The topological polar surface area (TPSA) is 92.1 Å². The van der Waals surface area contributed by atoms with E-state index in [1.807, 2.05) is 63.5 Å². The summed E-state index contributed by atoms with van der Waals surface area (Å²) in [5.74, 6) is -0.567. The van der Waals surface area contributed by atoms with Crippen LogP contribution in [0, 0.1) is 11.3 Å². The number of carbonyl (C=O) groups is 2. The van der Waals surface area contributed by atoms with Crippen molar-refractivity contribution in [3.63, 3.8) is 0 Å². The van der Waals surface area contributed by atoms with Gasteiger partial charge in [-0.25, -0.2) is 4.79 Å². The van der Waals surface area contributed by atoms with Gasteiger partial charge in [-0.05, 0) is 70.7 Å². The smallest absolute Gasteiger partial charge is 0.348 e. The van der Waals surface area contributed by atoms with Crippen molar-refractivity contribution >= 4 is 203 Å². The minimum absolute atomic E-state index is 0.0391. The molecule has 0 aromatic carbocycles. The molecule has 9 aromatic rings. The number of morpholine rings is 2. The molecule has 0 bridgehead atoms. The van der Waals surface area contributed by atoms with Crippen LogP contribution in [0.15, 0.2) is 51.1 Å². The summed E-state index contributed by atoms with van der Waals surface area (Å²) in [6, 6.07) is 14.9. The van der Waals surface area contributed by atoms with Crippen molar-refractivity contribution in [2.45, 2.75) is 6.92 Å². The molecule has 18 heteroatoms. The van der Waals surface area contributed by atoms with E-state index in [1.165, 1.54) is 70.2 Å². The minimum atomic E-state index is -0.567. The average Bonchev–Trinajstić information content (AvgIpc) is 4.08. The third-order valence-electron chi connectivity index (χ3n) is 9.04. The third kappa shape index (κ3) is 8.24. The fraction of sp³-hybridized carbons (Fsp3) is 0.256. The Hall–Kier alpha value is -2.77. The van der Waals surface area contributed by atoms with E-state index in [9.17, 15) is 14.9 Å². The number of nitrogens with zero attached hydrogens (tertiary/aromatic N) is 3. The Kier molecular flexibility index (Phi) is 12.1. The highest BCUT2D eigenvalue weighted by Crippen LogP contribution is 2.48. The summed E-state index contributed by atoms with van der Waals surface area (Å²) in [7, 11) is 0. The number of rotatable bonds is 6. The molecule has 292 valence electrons. The third-order valence-corrected chi connectivity index (χ3v) is 20.7. The van der Waals surface area contributed by atoms with E-state index in [1.54, 1.807) is 69.7 Å². The number of esters is 1. The highest BCUT2D eigenvalue weighted by molar-refractivity contribution is 9.11. The van der Waals surface area contributed by atoms with Crippen LogP contribution < -0.4 is 9.80 Å². The number of anilines is 2. The van der Waals surface area contributed by atoms with Crippen LogP contribution in [0.4, 0.5) is 10.0 Å². The Balaban J connectivity index is 0.000000119. The van der Waals surface area contributed by atoms with Gasteiger partial charge in [0.05, 0.1) is 79.9 Å². The Bertz CT molecular complexity index is 2950. The predicted octanol–water partition coefficient (Wildman–Crippen LogP) is 13.3. The SMILES string of the molecule is Brc1cc2sc3ccsc3c2s1.CCOC(=O)/C(C#N)=C/c1cc2sc3cc(N4CCOCC4)sc3c2s1.O=Cc1cc2sc3cc(N4CCOCC4)sc3c2s1. The lowest BCUT2D eigenvalue weighted by atomic mass is 10.2. The molecule has 11 heterocycles. The molecule has 8 nitrogen and oxygen atoms in total. The Morgan fingerprint density at radius 3 is 1.81 bits per heavy atom. The van der Waals surface area contributed by atoms with Gasteiger partial charge in [0.25, 0.3) is 0 Å². The van der Waals surface area contributed by atoms with Gasteiger partial charge in [0.1, 0.15) is 11.6 Å². The number of aldehydes is 1. The molecule has 0 spiro atoms. The lowest BCUT2D eigenvalue weighted by molar-refractivity contribution is -0.137. The van der Waals surface area contributed by atoms with E-state index < -0.39 is 5.97 Å². The van der Waals surface area contributed by atoms with Gasteiger partial charge < -0.3 is 24.0 Å². The summed E-state index contributed by atoms with van der Waals surface area (Å²) in [6.45, 7) is 8.98. The summed E-state index contributed by atoms with van der Waals surface area (Å²) >= 11 is 19.5. The molecule has 9 aromatic heterocycles. The van der Waals surface area contributed by atoms with Crippen molar-refractivity contribution < 1.29 is 23.8 Å². The first-order valence-corrected chi connectivity index (χ1v) is 26.0. The fourth-order valence-electron chi connectivity index (χ4n) is 6.42. The second kappa shape index (κ2) is 17.4. The number of fused-ring (bicyclic) bond motifs is 9. The number of nitriles is 1. The second-order valence-corrected chi connectivity index (χ2v) is 23.4. The average molecular weight is 989 g/mol. The minimum Gasteiger partial charge on any atom is -0.462 e. The standard InChI is InChI=1S/C18H16N2O3S3.C13H11NO2S3.C8H3BrS3/c1-2-23-18(21)11(10-19)7-12-8-13-16(24-12)17-14(25-13)9-15(26-17)20-3-5-22-6-4-20;15-7-8-5-9-12(17-8)13-10(18-9)6-11(19-13)14-1-3-16-4-2-14;9-6-3-5-8(12-6)7-4(11-5)1-2-10-7/h7-9H,2-6H2,1H3;5-7H,1-4H2;1-3H/b11-7+;;. The van der Waals surface area contributed by atoms with Gasteiger partial charge in [0.15, 0.2) is 6.29 Å². The molecular formula is C39H30BrN3O5S9. The molecule has 0 amide bonds. The first kappa shape index (κ1) is 39.7. The van der Waals surface area contributed by atoms with Crippen LogP contribution in [0.5, 0.6) is 0 Å². The van der Waals surface area contributed by atoms with E-state index in [0.717, 1.165) is 68.6 Å².